The van der Waals surface area contributed by atoms with Gasteiger partial charge in [0.25, 0.3) is 0 Å². The molecule has 1 spiro atoms. The van der Waals surface area contributed by atoms with Gasteiger partial charge in [0, 0.05) is 32.5 Å². The summed E-state index contributed by atoms with van der Waals surface area (Å²) in [6.07, 6.45) is 2.54. The molecule has 1 aromatic carbocycles. The quantitative estimate of drug-likeness (QED) is 0.782. The number of ether oxygens (including phenoxy) is 2. The molecule has 8 heteroatoms. The Bertz CT molecular complexity index is 808. The van der Waals surface area contributed by atoms with E-state index in [2.05, 4.69) is 0 Å². The van der Waals surface area contributed by atoms with Gasteiger partial charge in [-0.2, -0.15) is 4.31 Å². The molecule has 4 rings (SSSR count). The van der Waals surface area contributed by atoms with Gasteiger partial charge in [-0.3, -0.25) is 4.79 Å². The lowest BCUT2D eigenvalue weighted by atomic mass is 10.0. The van der Waals surface area contributed by atoms with E-state index >= 15 is 0 Å². The molecule has 1 aromatic rings. The highest BCUT2D eigenvalue weighted by Gasteiger charge is 2.50. The van der Waals surface area contributed by atoms with Gasteiger partial charge < -0.3 is 14.4 Å². The van der Waals surface area contributed by atoms with E-state index < -0.39 is 15.6 Å². The van der Waals surface area contributed by atoms with Crippen LogP contribution in [-0.4, -0.2) is 69.0 Å². The predicted molar refractivity (Wildman–Crippen MR) is 94.4 cm³/mol. The van der Waals surface area contributed by atoms with Crippen LogP contribution in [0.2, 0.25) is 0 Å². The van der Waals surface area contributed by atoms with Gasteiger partial charge in [-0.1, -0.05) is 12.1 Å². The Hall–Kier alpha value is -1.64. The number of hydrogen-bond acceptors (Lipinski definition) is 5. The van der Waals surface area contributed by atoms with E-state index in [-0.39, 0.29) is 29.8 Å². The van der Waals surface area contributed by atoms with Crippen molar-refractivity contribution in [2.24, 2.45) is 5.92 Å². The summed E-state index contributed by atoms with van der Waals surface area (Å²) in [5.41, 5.74) is -0.710. The lowest BCUT2D eigenvalue weighted by Gasteiger charge is -2.31. The highest BCUT2D eigenvalue weighted by Crippen LogP contribution is 2.40. The van der Waals surface area contributed by atoms with Crippen molar-refractivity contribution in [3.63, 3.8) is 0 Å². The number of amides is 1. The number of rotatable bonds is 4. The number of fused-ring (bicyclic) bond motifs is 1. The summed E-state index contributed by atoms with van der Waals surface area (Å²) in [4.78, 5) is 14.5. The molecule has 0 bridgehead atoms. The molecule has 2 fully saturated rings. The second-order valence-electron chi connectivity index (χ2n) is 7.35. The van der Waals surface area contributed by atoms with Crippen molar-refractivity contribution in [1.82, 2.24) is 9.21 Å². The maximum absolute atomic E-state index is 13.1. The van der Waals surface area contributed by atoms with E-state index in [1.807, 2.05) is 4.90 Å². The Kier molecular flexibility index (Phi) is 4.45. The highest BCUT2D eigenvalue weighted by atomic mass is 32.2. The molecule has 2 heterocycles. The summed E-state index contributed by atoms with van der Waals surface area (Å²) in [5, 5.41) is 0. The van der Waals surface area contributed by atoms with Gasteiger partial charge in [-0.15, -0.1) is 0 Å². The van der Waals surface area contributed by atoms with Crippen molar-refractivity contribution in [2.45, 2.75) is 29.8 Å². The molecule has 0 aromatic heterocycles. The third-order valence-electron chi connectivity index (χ3n) is 5.36. The molecule has 3 aliphatic rings. The molecule has 1 atom stereocenters. The molecule has 0 radical (unpaired) electrons. The van der Waals surface area contributed by atoms with Crippen molar-refractivity contribution in [3.8, 4) is 5.75 Å². The van der Waals surface area contributed by atoms with Gasteiger partial charge in [0.2, 0.25) is 15.9 Å². The first-order valence-electron chi connectivity index (χ1n) is 9.01. The summed E-state index contributed by atoms with van der Waals surface area (Å²) >= 11 is 0. The first kappa shape index (κ1) is 17.8. The molecule has 2 aliphatic heterocycles. The summed E-state index contributed by atoms with van der Waals surface area (Å²) in [6.45, 7) is 1.82. The zero-order valence-electron chi connectivity index (χ0n) is 14.9. The minimum Gasteiger partial charge on any atom is -0.483 e. The van der Waals surface area contributed by atoms with Crippen LogP contribution in [0.15, 0.2) is 29.2 Å². The summed E-state index contributed by atoms with van der Waals surface area (Å²) in [5.74, 6) is 0.694. The zero-order valence-corrected chi connectivity index (χ0v) is 15.7. The molecule has 142 valence electrons. The summed E-state index contributed by atoms with van der Waals surface area (Å²) in [6, 6.07) is 6.74. The van der Waals surface area contributed by atoms with E-state index in [0.717, 1.165) is 12.8 Å². The first-order chi connectivity index (χ1) is 12.5. The van der Waals surface area contributed by atoms with Crippen LogP contribution in [-0.2, 0) is 19.6 Å². The number of carbonyl (C=O) groups is 1. The van der Waals surface area contributed by atoms with Crippen molar-refractivity contribution in [3.05, 3.63) is 24.3 Å². The van der Waals surface area contributed by atoms with E-state index in [1.54, 1.807) is 31.4 Å². The van der Waals surface area contributed by atoms with Gasteiger partial charge in [0.05, 0.1) is 19.7 Å². The molecule has 1 saturated carbocycles. The summed E-state index contributed by atoms with van der Waals surface area (Å²) in [7, 11) is -2.12. The Morgan fingerprint density at radius 2 is 2.08 bits per heavy atom. The molecule has 0 unspecified atom stereocenters. The average molecular weight is 380 g/mol. The number of nitrogens with zero attached hydrogens (tertiary/aromatic N) is 2. The number of carbonyl (C=O) groups excluding carboxylic acids is 1. The molecule has 26 heavy (non-hydrogen) atoms. The number of para-hydroxylation sites is 1. The maximum Gasteiger partial charge on any atom is 0.246 e. The number of benzene rings is 1. The van der Waals surface area contributed by atoms with Crippen molar-refractivity contribution < 1.29 is 22.7 Å². The molecular weight excluding hydrogens is 356 g/mol. The Morgan fingerprint density at radius 1 is 1.31 bits per heavy atom. The van der Waals surface area contributed by atoms with Crippen LogP contribution in [0.1, 0.15) is 19.3 Å². The average Bonchev–Trinajstić information content (AvgIpc) is 3.40. The normalized spacial score (nSPS) is 27.8. The fourth-order valence-electron chi connectivity index (χ4n) is 3.78. The van der Waals surface area contributed by atoms with E-state index in [9.17, 15) is 13.2 Å². The first-order valence-corrected chi connectivity index (χ1v) is 10.5. The van der Waals surface area contributed by atoms with Gasteiger partial charge in [0.15, 0.2) is 0 Å². The monoisotopic (exact) mass is 380 g/mol. The molecule has 1 aliphatic carbocycles. The number of sulfonamides is 1. The minimum atomic E-state index is -3.67. The standard InChI is InChI=1S/C18H24N2O5S/c1-24-11-10-20-13-18(8-9-19(12-18)17(21)14-6-7-14)25-15-4-2-3-5-16(15)26(20,22)23/h2-5,14H,6-13H2,1H3/t18-/m1/s1. The molecule has 1 amide bonds. The zero-order chi connectivity index (χ0) is 18.4. The van der Waals surface area contributed by atoms with Crippen molar-refractivity contribution >= 4 is 15.9 Å². The van der Waals surface area contributed by atoms with Gasteiger partial charge in [-0.25, -0.2) is 8.42 Å². The Labute approximate surface area is 153 Å². The molecule has 1 saturated heterocycles. The van der Waals surface area contributed by atoms with Crippen LogP contribution in [0.25, 0.3) is 0 Å². The number of hydrogen-bond donors (Lipinski definition) is 0. The second kappa shape index (κ2) is 6.51. The fraction of sp³-hybridized carbons (Fsp3) is 0.611. The summed E-state index contributed by atoms with van der Waals surface area (Å²) < 4.78 is 39.0. The predicted octanol–water partition coefficient (Wildman–Crippen LogP) is 1.10. The van der Waals surface area contributed by atoms with Crippen molar-refractivity contribution in [1.29, 1.82) is 0 Å². The van der Waals surface area contributed by atoms with Gasteiger partial charge in [0.1, 0.15) is 16.2 Å². The van der Waals surface area contributed by atoms with E-state index in [0.29, 0.717) is 31.9 Å². The topological polar surface area (TPSA) is 76.2 Å². The minimum absolute atomic E-state index is 0.150. The lowest BCUT2D eigenvalue weighted by Crippen LogP contribution is -2.50. The Morgan fingerprint density at radius 3 is 2.81 bits per heavy atom. The van der Waals surface area contributed by atoms with E-state index in [4.69, 9.17) is 9.47 Å². The SMILES string of the molecule is COCCN1C[C@]2(CCN(C(=O)C3CC3)C2)Oc2ccccc2S1(=O)=O. The van der Waals surface area contributed by atoms with Crippen LogP contribution in [0.4, 0.5) is 0 Å². The second-order valence-corrected chi connectivity index (χ2v) is 9.25. The molecular formula is C18H24N2O5S. The fourth-order valence-corrected chi connectivity index (χ4v) is 5.40. The van der Waals surface area contributed by atoms with Crippen molar-refractivity contribution in [2.75, 3.05) is 39.9 Å². The number of methoxy groups -OCH3 is 1. The van der Waals surface area contributed by atoms with Gasteiger partial charge >= 0.3 is 0 Å². The van der Waals surface area contributed by atoms with Crippen LogP contribution in [0.5, 0.6) is 5.75 Å². The maximum atomic E-state index is 13.1. The lowest BCUT2D eigenvalue weighted by molar-refractivity contribution is -0.132. The third-order valence-corrected chi connectivity index (χ3v) is 7.24. The largest absolute Gasteiger partial charge is 0.483 e. The molecule has 7 nitrogen and oxygen atoms in total. The third kappa shape index (κ3) is 3.10. The smallest absolute Gasteiger partial charge is 0.246 e. The van der Waals surface area contributed by atoms with Gasteiger partial charge in [-0.05, 0) is 25.0 Å². The molecule has 0 N–H and O–H groups in total. The Balaban J connectivity index is 1.67. The van der Waals surface area contributed by atoms with Crippen LogP contribution in [0, 0.1) is 5.92 Å². The van der Waals surface area contributed by atoms with Crippen LogP contribution >= 0.6 is 0 Å². The highest BCUT2D eigenvalue weighted by molar-refractivity contribution is 7.89. The number of likely N-dealkylation sites (tertiary alicyclic amines) is 1. The van der Waals surface area contributed by atoms with Crippen LogP contribution in [0.3, 0.4) is 0 Å². The van der Waals surface area contributed by atoms with E-state index in [1.165, 1.54) is 4.31 Å². The van der Waals surface area contributed by atoms with Crippen LogP contribution < -0.4 is 4.74 Å².